The van der Waals surface area contributed by atoms with Crippen molar-refractivity contribution in [3.63, 3.8) is 0 Å². The molecule has 1 aliphatic heterocycles. The quantitative estimate of drug-likeness (QED) is 0.275. The van der Waals surface area contributed by atoms with E-state index < -0.39 is 17.6 Å². The first-order chi connectivity index (χ1) is 19.3. The SMILES string of the molecule is C=C(F)C(=O)Nc1ccc(-c2c3c4c(ncnc4n2C)NCCc2c-3ccc(Oc3nccc(C)n3)c2F)cc1. The van der Waals surface area contributed by atoms with Crippen LogP contribution in [-0.2, 0) is 18.3 Å². The molecule has 2 N–H and O–H groups in total. The molecule has 9 nitrogen and oxygen atoms in total. The van der Waals surface area contributed by atoms with E-state index in [9.17, 15) is 9.18 Å². The molecule has 40 heavy (non-hydrogen) atoms. The van der Waals surface area contributed by atoms with Gasteiger partial charge in [-0.05, 0) is 48.7 Å². The van der Waals surface area contributed by atoms with E-state index in [1.165, 1.54) is 6.33 Å². The molecule has 0 saturated carbocycles. The number of amides is 1. The highest BCUT2D eigenvalue weighted by atomic mass is 19.1. The minimum absolute atomic E-state index is 0.0257. The molecular formula is C29H23F2N7O2. The Bertz CT molecular complexity index is 1820. The van der Waals surface area contributed by atoms with Gasteiger partial charge in [0.15, 0.2) is 17.4 Å². The Morgan fingerprint density at radius 3 is 2.67 bits per heavy atom. The number of carbonyl (C=O) groups is 1. The summed E-state index contributed by atoms with van der Waals surface area (Å²) < 4.78 is 36.9. The molecular weight excluding hydrogens is 516 g/mol. The minimum Gasteiger partial charge on any atom is -0.421 e. The van der Waals surface area contributed by atoms with Gasteiger partial charge in [-0.2, -0.15) is 0 Å². The van der Waals surface area contributed by atoms with Gasteiger partial charge in [-0.3, -0.25) is 4.79 Å². The third kappa shape index (κ3) is 4.31. The Morgan fingerprint density at radius 1 is 1.12 bits per heavy atom. The van der Waals surface area contributed by atoms with E-state index in [1.54, 1.807) is 49.5 Å². The maximum Gasteiger partial charge on any atom is 0.322 e. The number of halogens is 2. The fraction of sp³-hybridized carbons (Fsp3) is 0.138. The van der Waals surface area contributed by atoms with E-state index in [1.807, 2.05) is 17.7 Å². The summed E-state index contributed by atoms with van der Waals surface area (Å²) in [4.78, 5) is 29.0. The van der Waals surface area contributed by atoms with Crippen molar-refractivity contribution in [2.24, 2.45) is 7.05 Å². The molecule has 4 heterocycles. The van der Waals surface area contributed by atoms with Gasteiger partial charge < -0.3 is 19.9 Å². The first kappa shape index (κ1) is 25.1. The molecule has 2 aromatic carbocycles. The molecule has 0 radical (unpaired) electrons. The Labute approximate surface area is 227 Å². The summed E-state index contributed by atoms with van der Waals surface area (Å²) >= 11 is 0. The van der Waals surface area contributed by atoms with Gasteiger partial charge in [0, 0.05) is 42.3 Å². The Balaban J connectivity index is 1.52. The number of carbonyl (C=O) groups excluding carboxylic acids is 1. The number of hydrogen-bond donors (Lipinski definition) is 2. The van der Waals surface area contributed by atoms with Crippen molar-refractivity contribution < 1.29 is 18.3 Å². The molecule has 0 bridgehead atoms. The first-order valence-corrected chi connectivity index (χ1v) is 12.4. The zero-order chi connectivity index (χ0) is 28.0. The summed E-state index contributed by atoms with van der Waals surface area (Å²) in [5.41, 5.74) is 5.21. The molecule has 0 fully saturated rings. The van der Waals surface area contributed by atoms with Crippen LogP contribution in [0.1, 0.15) is 11.3 Å². The summed E-state index contributed by atoms with van der Waals surface area (Å²) in [5.74, 6) is -1.82. The van der Waals surface area contributed by atoms with Crippen molar-refractivity contribution >= 4 is 28.4 Å². The second-order valence-corrected chi connectivity index (χ2v) is 9.30. The number of nitrogens with zero attached hydrogens (tertiary/aromatic N) is 5. The van der Waals surface area contributed by atoms with Crippen LogP contribution in [0.4, 0.5) is 20.3 Å². The molecule has 0 spiro atoms. The monoisotopic (exact) mass is 539 g/mol. The fourth-order valence-corrected chi connectivity index (χ4v) is 4.93. The van der Waals surface area contributed by atoms with Crippen LogP contribution in [0.25, 0.3) is 33.4 Å². The summed E-state index contributed by atoms with van der Waals surface area (Å²) in [6, 6.07) is 12.1. The van der Waals surface area contributed by atoms with Crippen LogP contribution < -0.4 is 15.4 Å². The zero-order valence-electron chi connectivity index (χ0n) is 21.6. The van der Waals surface area contributed by atoms with Crippen LogP contribution >= 0.6 is 0 Å². The maximum absolute atomic E-state index is 16.1. The molecule has 11 heteroatoms. The normalized spacial score (nSPS) is 12.2. The van der Waals surface area contributed by atoms with Crippen LogP contribution in [0.2, 0.25) is 0 Å². The number of anilines is 2. The van der Waals surface area contributed by atoms with Crippen molar-refractivity contribution in [2.45, 2.75) is 13.3 Å². The lowest BCUT2D eigenvalue weighted by atomic mass is 9.91. The summed E-state index contributed by atoms with van der Waals surface area (Å²) in [5, 5.41) is 6.53. The van der Waals surface area contributed by atoms with Crippen molar-refractivity contribution in [2.75, 3.05) is 17.2 Å². The molecule has 0 saturated heterocycles. The second-order valence-electron chi connectivity index (χ2n) is 9.30. The summed E-state index contributed by atoms with van der Waals surface area (Å²) in [6.45, 7) is 5.27. The standard InChI is InChI=1S/C29H23F2N7O2/c1-15-10-12-33-29(36-15)40-21-9-8-19-20(24(21)31)11-13-32-26-23-22(19)25(38(3)27(23)35-14-34-26)17-4-6-18(7-5-17)37-28(39)16(2)30/h4-10,12,14H,2,11,13H2,1,3H3,(H,37,39)(H,32,34,35). The van der Waals surface area contributed by atoms with Crippen LogP contribution in [0.3, 0.4) is 0 Å². The highest BCUT2D eigenvalue weighted by Crippen LogP contribution is 2.46. The Morgan fingerprint density at radius 2 is 1.93 bits per heavy atom. The van der Waals surface area contributed by atoms with Crippen molar-refractivity contribution in [1.82, 2.24) is 24.5 Å². The number of nitrogens with one attached hydrogen (secondary N) is 2. The van der Waals surface area contributed by atoms with E-state index in [4.69, 9.17) is 4.74 Å². The zero-order valence-corrected chi connectivity index (χ0v) is 21.6. The molecule has 0 unspecified atom stereocenters. The van der Waals surface area contributed by atoms with Crippen molar-refractivity contribution in [1.29, 1.82) is 0 Å². The van der Waals surface area contributed by atoms with Crippen LogP contribution in [0, 0.1) is 12.7 Å². The predicted octanol–water partition coefficient (Wildman–Crippen LogP) is 5.72. The minimum atomic E-state index is -1.08. The van der Waals surface area contributed by atoms with Crippen molar-refractivity contribution in [3.05, 3.63) is 84.5 Å². The van der Waals surface area contributed by atoms with Gasteiger partial charge in [-0.1, -0.05) is 24.8 Å². The molecule has 0 aliphatic carbocycles. The molecule has 1 amide bonds. The highest BCUT2D eigenvalue weighted by Gasteiger charge is 2.28. The number of fused-ring (bicyclic) bond motifs is 2. The molecule has 200 valence electrons. The van der Waals surface area contributed by atoms with E-state index in [-0.39, 0.29) is 11.8 Å². The van der Waals surface area contributed by atoms with Crippen LogP contribution in [0.5, 0.6) is 11.8 Å². The van der Waals surface area contributed by atoms with Gasteiger partial charge in [0.05, 0.1) is 11.1 Å². The lowest BCUT2D eigenvalue weighted by molar-refractivity contribution is -0.114. The van der Waals surface area contributed by atoms with Gasteiger partial charge in [0.1, 0.15) is 17.8 Å². The average Bonchev–Trinajstić information content (AvgIpc) is 3.22. The topological polar surface area (TPSA) is 107 Å². The largest absolute Gasteiger partial charge is 0.421 e. The molecule has 5 aromatic rings. The summed E-state index contributed by atoms with van der Waals surface area (Å²) in [7, 11) is 1.88. The third-order valence-corrected chi connectivity index (χ3v) is 6.75. The Hall–Kier alpha value is -5.19. The van der Waals surface area contributed by atoms with Gasteiger partial charge in [-0.15, -0.1) is 0 Å². The lowest BCUT2D eigenvalue weighted by Crippen LogP contribution is -2.12. The van der Waals surface area contributed by atoms with E-state index >= 15 is 4.39 Å². The smallest absolute Gasteiger partial charge is 0.322 e. The maximum atomic E-state index is 16.1. The molecule has 6 rings (SSSR count). The third-order valence-electron chi connectivity index (χ3n) is 6.75. The molecule has 3 aromatic heterocycles. The first-order valence-electron chi connectivity index (χ1n) is 12.4. The molecule has 0 atom stereocenters. The fourth-order valence-electron chi connectivity index (χ4n) is 4.93. The van der Waals surface area contributed by atoms with E-state index in [0.29, 0.717) is 46.9 Å². The van der Waals surface area contributed by atoms with Crippen LogP contribution in [0.15, 0.2) is 67.4 Å². The molecule has 1 aliphatic rings. The lowest BCUT2D eigenvalue weighted by Gasteiger charge is -2.19. The number of benzene rings is 2. The number of ether oxygens (including phenoxy) is 1. The number of hydrogen-bond acceptors (Lipinski definition) is 7. The number of rotatable bonds is 5. The van der Waals surface area contributed by atoms with E-state index in [0.717, 1.165) is 22.2 Å². The Kier molecular flexibility index (Phi) is 6.18. The van der Waals surface area contributed by atoms with Crippen molar-refractivity contribution in [3.8, 4) is 34.1 Å². The van der Waals surface area contributed by atoms with Crippen LogP contribution in [-0.4, -0.2) is 37.0 Å². The predicted molar refractivity (Wildman–Crippen MR) is 147 cm³/mol. The number of aromatic nitrogens is 5. The average molecular weight is 540 g/mol. The highest BCUT2D eigenvalue weighted by molar-refractivity contribution is 6.09. The summed E-state index contributed by atoms with van der Waals surface area (Å²) in [6.07, 6.45) is 3.41. The second kappa shape index (κ2) is 9.84. The van der Waals surface area contributed by atoms with Gasteiger partial charge in [-0.25, -0.2) is 28.7 Å². The van der Waals surface area contributed by atoms with Gasteiger partial charge in [0.25, 0.3) is 5.91 Å². The van der Waals surface area contributed by atoms with Gasteiger partial charge >= 0.3 is 6.01 Å². The number of aryl methyl sites for hydroxylation is 2. The van der Waals surface area contributed by atoms with Gasteiger partial charge in [0.2, 0.25) is 0 Å². The van der Waals surface area contributed by atoms with E-state index in [2.05, 4.69) is 37.1 Å².